The van der Waals surface area contributed by atoms with Gasteiger partial charge in [-0.25, -0.2) is 4.98 Å². The number of hydrogen-bond acceptors (Lipinski definition) is 5. The summed E-state index contributed by atoms with van der Waals surface area (Å²) < 4.78 is 1.84. The average Bonchev–Trinajstić information content (AvgIpc) is 3.14. The number of nitrogens with two attached hydrogens (primary N) is 1. The first-order valence-corrected chi connectivity index (χ1v) is 13.1. The lowest BCUT2D eigenvalue weighted by Crippen LogP contribution is -2.27. The largest absolute Gasteiger partial charge is 0.384 e. The Balaban J connectivity index is 1.01. The van der Waals surface area contributed by atoms with E-state index in [4.69, 9.17) is 5.73 Å². The Morgan fingerprint density at radius 2 is 2.08 bits per heavy atom. The van der Waals surface area contributed by atoms with Gasteiger partial charge >= 0.3 is 0 Å². The van der Waals surface area contributed by atoms with E-state index in [0.29, 0.717) is 54.6 Å². The zero-order chi connectivity index (χ0) is 24.8. The quantitative estimate of drug-likeness (QED) is 0.459. The van der Waals surface area contributed by atoms with Crippen LogP contribution in [0.3, 0.4) is 0 Å². The highest BCUT2D eigenvalue weighted by atomic mass is 16.2. The van der Waals surface area contributed by atoms with Crippen LogP contribution in [0.25, 0.3) is 0 Å². The third kappa shape index (κ3) is 4.54. The molecule has 2 N–H and O–H groups in total. The number of aryl methyl sites for hydroxylation is 2. The molecule has 1 saturated carbocycles. The van der Waals surface area contributed by atoms with Gasteiger partial charge in [-0.3, -0.25) is 14.3 Å². The molecule has 1 amide bonds. The first kappa shape index (κ1) is 23.0. The number of carbonyl (C=O) groups excluding carboxylic acids is 2. The van der Waals surface area contributed by atoms with Crippen molar-refractivity contribution in [2.45, 2.75) is 64.5 Å². The van der Waals surface area contributed by atoms with Crippen LogP contribution in [0.1, 0.15) is 76.3 Å². The number of amides is 1. The highest BCUT2D eigenvalue weighted by molar-refractivity contribution is 5.95. The molecule has 186 valence electrons. The Hall–Kier alpha value is -3.48. The van der Waals surface area contributed by atoms with Crippen molar-refractivity contribution in [2.24, 2.45) is 11.8 Å². The monoisotopic (exact) mass is 483 g/mol. The van der Waals surface area contributed by atoms with Gasteiger partial charge in [0.15, 0.2) is 5.78 Å². The fourth-order valence-electron chi connectivity index (χ4n) is 6.05. The molecule has 3 aliphatic rings. The number of carbonyl (C=O) groups is 2. The van der Waals surface area contributed by atoms with E-state index in [1.807, 2.05) is 21.8 Å². The Labute approximate surface area is 211 Å². The molecule has 6 rings (SSSR count). The van der Waals surface area contributed by atoms with E-state index in [1.165, 1.54) is 22.3 Å². The third-order valence-electron chi connectivity index (χ3n) is 8.23. The number of piperidine rings is 1. The number of hydrogen-bond donors (Lipinski definition) is 1. The van der Waals surface area contributed by atoms with E-state index in [9.17, 15) is 9.59 Å². The molecular formula is C29H33N5O2. The van der Waals surface area contributed by atoms with Crippen LogP contribution in [-0.2, 0) is 24.3 Å². The second-order valence-corrected chi connectivity index (χ2v) is 10.8. The molecular weight excluding hydrogens is 450 g/mol. The SMILES string of the molecule is Cc1cc(CN2CC3CC3C2=O)ccc1Cn1cc(C(=O)CCCC2CCc3nc(N)ccc32)cn1. The Bertz CT molecular complexity index is 1330. The molecule has 0 bridgehead atoms. The fraction of sp³-hybridized carbons (Fsp3) is 0.448. The van der Waals surface area contributed by atoms with Gasteiger partial charge in [0.2, 0.25) is 5.91 Å². The molecule has 3 unspecified atom stereocenters. The lowest BCUT2D eigenvalue weighted by atomic mass is 9.95. The third-order valence-corrected chi connectivity index (χ3v) is 8.23. The van der Waals surface area contributed by atoms with Crippen molar-refractivity contribution in [3.63, 3.8) is 0 Å². The highest BCUT2D eigenvalue weighted by Crippen LogP contribution is 2.46. The van der Waals surface area contributed by atoms with Gasteiger partial charge in [0, 0.05) is 37.3 Å². The number of fused-ring (bicyclic) bond motifs is 2. The van der Waals surface area contributed by atoms with Gasteiger partial charge in [0.05, 0.1) is 18.3 Å². The predicted octanol–water partition coefficient (Wildman–Crippen LogP) is 4.28. The first-order chi connectivity index (χ1) is 17.4. The lowest BCUT2D eigenvalue weighted by molar-refractivity contribution is -0.130. The predicted molar refractivity (Wildman–Crippen MR) is 137 cm³/mol. The molecule has 0 spiro atoms. The summed E-state index contributed by atoms with van der Waals surface area (Å²) in [5.74, 6) is 2.44. The summed E-state index contributed by atoms with van der Waals surface area (Å²) in [5, 5.41) is 4.45. The second kappa shape index (κ2) is 9.19. The number of likely N-dealkylation sites (tertiary alicyclic amines) is 1. The Kier molecular flexibility index (Phi) is 5.86. The molecule has 7 heteroatoms. The highest BCUT2D eigenvalue weighted by Gasteiger charge is 2.51. The van der Waals surface area contributed by atoms with Gasteiger partial charge in [0.1, 0.15) is 5.82 Å². The van der Waals surface area contributed by atoms with Crippen molar-refractivity contribution >= 4 is 17.5 Å². The summed E-state index contributed by atoms with van der Waals surface area (Å²) in [6.45, 7) is 4.34. The van der Waals surface area contributed by atoms with Gasteiger partial charge in [-0.2, -0.15) is 5.10 Å². The van der Waals surface area contributed by atoms with Crippen molar-refractivity contribution in [1.29, 1.82) is 0 Å². The molecule has 2 aromatic heterocycles. The maximum Gasteiger partial charge on any atom is 0.226 e. The van der Waals surface area contributed by atoms with Crippen molar-refractivity contribution in [2.75, 3.05) is 12.3 Å². The van der Waals surface area contributed by atoms with Crippen molar-refractivity contribution in [3.05, 3.63) is 76.2 Å². The van der Waals surface area contributed by atoms with E-state index in [2.05, 4.69) is 41.3 Å². The van der Waals surface area contributed by atoms with E-state index < -0.39 is 0 Å². The summed E-state index contributed by atoms with van der Waals surface area (Å²) in [7, 11) is 0. The van der Waals surface area contributed by atoms with Crippen LogP contribution in [0.15, 0.2) is 42.7 Å². The number of nitrogens with zero attached hydrogens (tertiary/aromatic N) is 4. The number of benzene rings is 1. The van der Waals surface area contributed by atoms with Crippen LogP contribution in [-0.4, -0.2) is 37.9 Å². The molecule has 7 nitrogen and oxygen atoms in total. The number of ketones is 1. The van der Waals surface area contributed by atoms with Gasteiger partial charge in [-0.15, -0.1) is 0 Å². The minimum absolute atomic E-state index is 0.148. The topological polar surface area (TPSA) is 94.1 Å². The molecule has 2 aliphatic carbocycles. The van der Waals surface area contributed by atoms with E-state index >= 15 is 0 Å². The number of aromatic nitrogens is 3. The Morgan fingerprint density at radius 3 is 2.89 bits per heavy atom. The first-order valence-electron chi connectivity index (χ1n) is 13.1. The normalized spacial score (nSPS) is 22.1. The number of anilines is 1. The molecule has 1 aliphatic heterocycles. The standard InChI is InChI=1S/C29H33N5O2/c1-18-11-19(14-33-15-22-12-25(22)29(33)36)5-6-21(18)16-34-17-23(13-31-34)27(35)4-2-3-20-7-9-26-24(20)8-10-28(30)32-26/h5-6,8,10-11,13,17,20,22,25H,2-4,7,9,12,14-16H2,1H3,(H2,30,32). The molecule has 36 heavy (non-hydrogen) atoms. The summed E-state index contributed by atoms with van der Waals surface area (Å²) >= 11 is 0. The van der Waals surface area contributed by atoms with E-state index in [-0.39, 0.29) is 5.78 Å². The maximum absolute atomic E-state index is 12.8. The number of pyridine rings is 1. The van der Waals surface area contributed by atoms with Crippen molar-refractivity contribution in [3.8, 4) is 0 Å². The molecule has 3 aromatic rings. The molecule has 3 heterocycles. The van der Waals surface area contributed by atoms with Gasteiger partial charge in [0.25, 0.3) is 0 Å². The van der Waals surface area contributed by atoms with E-state index in [0.717, 1.165) is 44.3 Å². The van der Waals surface area contributed by atoms with Crippen LogP contribution in [0.2, 0.25) is 0 Å². The summed E-state index contributed by atoms with van der Waals surface area (Å²) in [6.07, 6.45) is 9.09. The van der Waals surface area contributed by atoms with Crippen LogP contribution in [0.4, 0.5) is 5.82 Å². The van der Waals surface area contributed by atoms with Crippen molar-refractivity contribution < 1.29 is 9.59 Å². The fourth-order valence-corrected chi connectivity index (χ4v) is 6.05. The number of rotatable bonds is 9. The van der Waals surface area contributed by atoms with Gasteiger partial charge in [-0.1, -0.05) is 24.3 Å². The van der Waals surface area contributed by atoms with Gasteiger partial charge in [-0.05, 0) is 79.2 Å². The lowest BCUT2D eigenvalue weighted by Gasteiger charge is -2.19. The minimum atomic E-state index is 0.148. The smallest absolute Gasteiger partial charge is 0.226 e. The minimum Gasteiger partial charge on any atom is -0.384 e. The summed E-state index contributed by atoms with van der Waals surface area (Å²) in [5.41, 5.74) is 12.4. The zero-order valence-electron chi connectivity index (χ0n) is 20.8. The van der Waals surface area contributed by atoms with Crippen LogP contribution in [0.5, 0.6) is 0 Å². The average molecular weight is 484 g/mol. The summed E-state index contributed by atoms with van der Waals surface area (Å²) in [4.78, 5) is 31.5. The second-order valence-electron chi connectivity index (χ2n) is 10.8. The molecule has 3 atom stereocenters. The van der Waals surface area contributed by atoms with Crippen LogP contribution < -0.4 is 5.73 Å². The van der Waals surface area contributed by atoms with Crippen molar-refractivity contribution in [1.82, 2.24) is 19.7 Å². The Morgan fingerprint density at radius 1 is 1.19 bits per heavy atom. The molecule has 1 saturated heterocycles. The van der Waals surface area contributed by atoms with Crippen LogP contribution >= 0.6 is 0 Å². The number of Topliss-reactive ketones (excluding diaryl/α,β-unsaturated/α-hetero) is 1. The van der Waals surface area contributed by atoms with Crippen LogP contribution in [0, 0.1) is 18.8 Å². The molecule has 2 fully saturated rings. The maximum atomic E-state index is 12.8. The molecule has 1 aromatic carbocycles. The zero-order valence-corrected chi connectivity index (χ0v) is 20.8. The number of nitrogen functional groups attached to an aromatic ring is 1. The molecule has 0 radical (unpaired) electrons. The van der Waals surface area contributed by atoms with Gasteiger partial charge < -0.3 is 10.6 Å². The summed E-state index contributed by atoms with van der Waals surface area (Å²) in [6, 6.07) is 10.4. The van der Waals surface area contributed by atoms with E-state index in [1.54, 1.807) is 6.20 Å².